The van der Waals surface area contributed by atoms with Crippen molar-refractivity contribution in [2.45, 2.75) is 42.0 Å². The van der Waals surface area contributed by atoms with E-state index in [4.69, 9.17) is 17.2 Å². The minimum absolute atomic E-state index is 0. The van der Waals surface area contributed by atoms with Crippen LogP contribution in [-0.2, 0) is 0 Å². The second-order valence-corrected chi connectivity index (χ2v) is 1.69. The van der Waals surface area contributed by atoms with E-state index in [1.807, 2.05) is 6.92 Å². The van der Waals surface area contributed by atoms with E-state index in [1.165, 1.54) is 0 Å². The summed E-state index contributed by atoms with van der Waals surface area (Å²) in [5.41, 5.74) is 15.2. The predicted octanol–water partition coefficient (Wildman–Crippen LogP) is 1.56. The van der Waals surface area contributed by atoms with Crippen molar-refractivity contribution >= 4 is 0 Å². The highest BCUT2D eigenvalue weighted by atomic mass is 14.5. The van der Waals surface area contributed by atoms with Crippen molar-refractivity contribution in [2.24, 2.45) is 17.2 Å². The molecule has 0 aliphatic carbocycles. The lowest BCUT2D eigenvalue weighted by molar-refractivity contribution is 0.755. The molecule has 82 valence electrons. The van der Waals surface area contributed by atoms with Gasteiger partial charge in [-0.3, -0.25) is 0 Å². The highest BCUT2D eigenvalue weighted by Gasteiger charge is 1.75. The summed E-state index contributed by atoms with van der Waals surface area (Å²) in [4.78, 5) is 0. The lowest BCUT2D eigenvalue weighted by atomic mass is 10.3. The quantitative estimate of drug-likeness (QED) is 0.578. The van der Waals surface area contributed by atoms with Crippen molar-refractivity contribution in [3.8, 4) is 0 Å². The Morgan fingerprint density at radius 1 is 0.750 bits per heavy atom. The maximum atomic E-state index is 5.16. The van der Waals surface area contributed by atoms with Crippen LogP contribution in [0.4, 0.5) is 0 Å². The van der Waals surface area contributed by atoms with Gasteiger partial charge in [0.25, 0.3) is 0 Å². The maximum Gasteiger partial charge on any atom is -0.00768 e. The first kappa shape index (κ1) is 29.7. The number of hydrogen-bond donors (Lipinski definition) is 3. The molecule has 0 bridgehead atoms. The molecule has 0 spiro atoms. The first-order valence-electron chi connectivity index (χ1n) is 3.43. The molecule has 0 radical (unpaired) electrons. The van der Waals surface area contributed by atoms with Gasteiger partial charge < -0.3 is 17.2 Å². The Balaban J connectivity index is -0.0000000246. The normalized spacial score (nSPS) is 6.00. The zero-order chi connectivity index (χ0) is 7.54. The van der Waals surface area contributed by atoms with E-state index in [1.54, 1.807) is 0 Å². The highest BCUT2D eigenvalue weighted by Crippen LogP contribution is 1.77. The topological polar surface area (TPSA) is 78.1 Å². The fourth-order valence-corrected chi connectivity index (χ4v) is 0.289. The standard InChI is InChI=1S/C4H12N2.C2H7N.3CH4/c5-3-1-2-4-6;1-2-3;;;/h1-6H2;2-3H2,1H3;3*1H4. The molecular formula is C9H31N3. The van der Waals surface area contributed by atoms with Crippen LogP contribution in [0.5, 0.6) is 0 Å². The van der Waals surface area contributed by atoms with Crippen LogP contribution in [0.15, 0.2) is 0 Å². The van der Waals surface area contributed by atoms with Gasteiger partial charge in [0.15, 0.2) is 0 Å². The SMILES string of the molecule is C.C.C.CCN.NCCCCN. The monoisotopic (exact) mass is 181 g/mol. The average Bonchev–Trinajstić information content (AvgIpc) is 1.86. The summed E-state index contributed by atoms with van der Waals surface area (Å²) in [5.74, 6) is 0. The first-order chi connectivity index (χ1) is 4.33. The van der Waals surface area contributed by atoms with Gasteiger partial charge >= 0.3 is 0 Å². The molecule has 0 fully saturated rings. The van der Waals surface area contributed by atoms with Gasteiger partial charge in [0.2, 0.25) is 0 Å². The third-order valence-electron chi connectivity index (χ3n) is 0.658. The Morgan fingerprint density at radius 3 is 1.00 bits per heavy atom. The van der Waals surface area contributed by atoms with E-state index in [2.05, 4.69) is 0 Å². The van der Waals surface area contributed by atoms with Crippen LogP contribution in [0.2, 0.25) is 0 Å². The Bertz CT molecular complexity index is 29.0. The molecule has 0 aromatic rings. The van der Waals surface area contributed by atoms with Crippen LogP contribution >= 0.6 is 0 Å². The maximum absolute atomic E-state index is 5.16. The largest absolute Gasteiger partial charge is 0.331 e. The predicted molar refractivity (Wildman–Crippen MR) is 62.3 cm³/mol. The first-order valence-corrected chi connectivity index (χ1v) is 3.43. The summed E-state index contributed by atoms with van der Waals surface area (Å²) >= 11 is 0. The Morgan fingerprint density at radius 2 is 0.917 bits per heavy atom. The third-order valence-corrected chi connectivity index (χ3v) is 0.658. The van der Waals surface area contributed by atoms with Crippen molar-refractivity contribution in [1.29, 1.82) is 0 Å². The molecule has 0 amide bonds. The van der Waals surface area contributed by atoms with Gasteiger partial charge in [-0.2, -0.15) is 0 Å². The van der Waals surface area contributed by atoms with Gasteiger partial charge in [0.05, 0.1) is 0 Å². The fraction of sp³-hybridized carbons (Fsp3) is 1.00. The Hall–Kier alpha value is -0.120. The van der Waals surface area contributed by atoms with Gasteiger partial charge in [-0.15, -0.1) is 0 Å². The molecule has 0 rings (SSSR count). The van der Waals surface area contributed by atoms with E-state index >= 15 is 0 Å². The summed E-state index contributed by atoms with van der Waals surface area (Å²) in [7, 11) is 0. The van der Waals surface area contributed by atoms with E-state index < -0.39 is 0 Å². The summed E-state index contributed by atoms with van der Waals surface area (Å²) in [5, 5.41) is 0. The van der Waals surface area contributed by atoms with Gasteiger partial charge in [0.1, 0.15) is 0 Å². The van der Waals surface area contributed by atoms with Crippen molar-refractivity contribution in [3.05, 3.63) is 0 Å². The third kappa shape index (κ3) is 93.9. The van der Waals surface area contributed by atoms with Crippen molar-refractivity contribution in [3.63, 3.8) is 0 Å². The van der Waals surface area contributed by atoms with E-state index in [9.17, 15) is 0 Å². The molecule has 0 aliphatic rings. The molecule has 0 heterocycles. The molecule has 3 heteroatoms. The van der Waals surface area contributed by atoms with Crippen molar-refractivity contribution in [1.82, 2.24) is 0 Å². The Kier molecular flexibility index (Phi) is 110. The Labute approximate surface area is 79.7 Å². The molecular weight excluding hydrogens is 150 g/mol. The molecule has 0 aromatic heterocycles. The van der Waals surface area contributed by atoms with Crippen LogP contribution < -0.4 is 17.2 Å². The van der Waals surface area contributed by atoms with Crippen molar-refractivity contribution in [2.75, 3.05) is 19.6 Å². The number of nitrogens with two attached hydrogens (primary N) is 3. The van der Waals surface area contributed by atoms with E-state index in [-0.39, 0.29) is 22.3 Å². The number of unbranched alkanes of at least 4 members (excludes halogenated alkanes) is 1. The lowest BCUT2D eigenvalue weighted by Crippen LogP contribution is -2.03. The minimum Gasteiger partial charge on any atom is -0.331 e. The zero-order valence-electron chi connectivity index (χ0n) is 6.27. The van der Waals surface area contributed by atoms with Gasteiger partial charge in [-0.1, -0.05) is 29.2 Å². The molecule has 6 N–H and O–H groups in total. The molecule has 0 unspecified atom stereocenters. The second-order valence-electron chi connectivity index (χ2n) is 1.69. The minimum atomic E-state index is 0. The summed E-state index contributed by atoms with van der Waals surface area (Å²) < 4.78 is 0. The molecule has 12 heavy (non-hydrogen) atoms. The summed E-state index contributed by atoms with van der Waals surface area (Å²) in [6, 6.07) is 0. The molecule has 3 nitrogen and oxygen atoms in total. The van der Waals surface area contributed by atoms with Crippen LogP contribution in [-0.4, -0.2) is 19.6 Å². The van der Waals surface area contributed by atoms with Gasteiger partial charge in [0, 0.05) is 0 Å². The van der Waals surface area contributed by atoms with E-state index in [0.717, 1.165) is 32.5 Å². The number of rotatable bonds is 3. The second kappa shape index (κ2) is 44.6. The highest BCUT2D eigenvalue weighted by molar-refractivity contribution is 4.38. The van der Waals surface area contributed by atoms with E-state index in [0.29, 0.717) is 0 Å². The fourth-order valence-electron chi connectivity index (χ4n) is 0.289. The van der Waals surface area contributed by atoms with Crippen LogP contribution in [0, 0.1) is 0 Å². The number of hydrogen-bond acceptors (Lipinski definition) is 3. The summed E-state index contributed by atoms with van der Waals surface area (Å²) in [6.45, 7) is 4.20. The van der Waals surface area contributed by atoms with Crippen LogP contribution in [0.3, 0.4) is 0 Å². The lowest BCUT2D eigenvalue weighted by Gasteiger charge is -1.87. The molecule has 0 aromatic carbocycles. The van der Waals surface area contributed by atoms with Crippen LogP contribution in [0.25, 0.3) is 0 Å². The van der Waals surface area contributed by atoms with Crippen LogP contribution in [0.1, 0.15) is 42.0 Å². The molecule has 0 saturated carbocycles. The molecule has 0 atom stereocenters. The smallest absolute Gasteiger partial charge is 0.00768 e. The van der Waals surface area contributed by atoms with Gasteiger partial charge in [-0.05, 0) is 32.5 Å². The molecule has 0 aliphatic heterocycles. The average molecular weight is 181 g/mol. The van der Waals surface area contributed by atoms with Gasteiger partial charge in [-0.25, -0.2) is 0 Å². The zero-order valence-corrected chi connectivity index (χ0v) is 6.27. The molecule has 0 saturated heterocycles. The van der Waals surface area contributed by atoms with Crippen molar-refractivity contribution < 1.29 is 0 Å². The summed E-state index contributed by atoms with van der Waals surface area (Å²) in [6.07, 6.45) is 2.13.